The van der Waals surface area contributed by atoms with Gasteiger partial charge in [0.15, 0.2) is 0 Å². The van der Waals surface area contributed by atoms with Gasteiger partial charge in [0, 0.05) is 16.1 Å². The van der Waals surface area contributed by atoms with Gasteiger partial charge in [-0.3, -0.25) is 4.79 Å². The molecule has 0 heterocycles. The van der Waals surface area contributed by atoms with Gasteiger partial charge in [-0.25, -0.2) is 4.79 Å². The number of carboxylic acids is 1. The monoisotopic (exact) mass is 355 g/mol. The van der Waals surface area contributed by atoms with Crippen LogP contribution in [0.25, 0.3) is 6.08 Å². The van der Waals surface area contributed by atoms with Crippen LogP contribution in [-0.2, 0) is 9.59 Å². The maximum atomic E-state index is 11.8. The Kier molecular flexibility index (Phi) is 6.42. The van der Waals surface area contributed by atoms with Crippen molar-refractivity contribution in [2.75, 3.05) is 7.11 Å². The van der Waals surface area contributed by atoms with E-state index in [0.717, 1.165) is 10.0 Å². The molecule has 1 aromatic rings. The number of benzene rings is 1. The van der Waals surface area contributed by atoms with Crippen molar-refractivity contribution < 1.29 is 19.4 Å². The van der Waals surface area contributed by atoms with Gasteiger partial charge in [-0.1, -0.05) is 29.8 Å². The van der Waals surface area contributed by atoms with Crippen LogP contribution in [0.5, 0.6) is 5.75 Å². The zero-order valence-electron chi connectivity index (χ0n) is 12.1. The average molecular weight is 356 g/mol. The first-order valence-electron chi connectivity index (χ1n) is 6.40. The summed E-state index contributed by atoms with van der Waals surface area (Å²) < 4.78 is 6.05. The molecule has 1 rings (SSSR count). The van der Waals surface area contributed by atoms with E-state index in [2.05, 4.69) is 21.2 Å². The number of methoxy groups -OCH3 is 1. The van der Waals surface area contributed by atoms with Crippen LogP contribution in [0.15, 0.2) is 28.7 Å². The molecule has 6 heteroatoms. The average Bonchev–Trinajstić information content (AvgIpc) is 2.42. The summed E-state index contributed by atoms with van der Waals surface area (Å²) in [5.74, 6) is -1.08. The fourth-order valence-electron chi connectivity index (χ4n) is 1.72. The lowest BCUT2D eigenvalue weighted by molar-refractivity contribution is -0.142. The van der Waals surface area contributed by atoms with Crippen molar-refractivity contribution >= 4 is 33.9 Å². The number of hydrogen-bond acceptors (Lipinski definition) is 3. The smallest absolute Gasteiger partial charge is 0.326 e. The second-order valence-electron chi connectivity index (χ2n) is 4.79. The maximum absolute atomic E-state index is 11.8. The van der Waals surface area contributed by atoms with Gasteiger partial charge in [-0.2, -0.15) is 0 Å². The molecule has 21 heavy (non-hydrogen) atoms. The molecule has 0 saturated heterocycles. The first kappa shape index (κ1) is 17.2. The topological polar surface area (TPSA) is 75.6 Å². The molecule has 1 amide bonds. The van der Waals surface area contributed by atoms with Crippen LogP contribution in [0.4, 0.5) is 0 Å². The largest absolute Gasteiger partial charge is 0.496 e. The number of amides is 1. The van der Waals surface area contributed by atoms with Crippen LogP contribution >= 0.6 is 15.9 Å². The van der Waals surface area contributed by atoms with Crippen LogP contribution in [0, 0.1) is 5.92 Å². The number of rotatable bonds is 6. The Labute approximate surface area is 132 Å². The van der Waals surface area contributed by atoms with Crippen molar-refractivity contribution in [3.63, 3.8) is 0 Å². The van der Waals surface area contributed by atoms with Gasteiger partial charge in [0.05, 0.1) is 7.11 Å². The molecule has 0 fully saturated rings. The van der Waals surface area contributed by atoms with E-state index in [1.165, 1.54) is 6.08 Å². The summed E-state index contributed by atoms with van der Waals surface area (Å²) in [5.41, 5.74) is 0.721. The van der Waals surface area contributed by atoms with E-state index in [1.807, 2.05) is 6.07 Å². The SMILES string of the molecule is COc1ccc(Br)cc1/C=C/C(=O)NC(C(=O)O)C(C)C. The Morgan fingerprint density at radius 1 is 1.38 bits per heavy atom. The highest BCUT2D eigenvalue weighted by atomic mass is 79.9. The van der Waals surface area contributed by atoms with Crippen molar-refractivity contribution in [1.29, 1.82) is 0 Å². The van der Waals surface area contributed by atoms with Crippen LogP contribution in [0.1, 0.15) is 19.4 Å². The summed E-state index contributed by atoms with van der Waals surface area (Å²) in [7, 11) is 1.54. The van der Waals surface area contributed by atoms with E-state index in [4.69, 9.17) is 9.84 Å². The lowest BCUT2D eigenvalue weighted by Crippen LogP contribution is -2.43. The van der Waals surface area contributed by atoms with Crippen molar-refractivity contribution in [2.24, 2.45) is 5.92 Å². The van der Waals surface area contributed by atoms with Gasteiger partial charge in [0.2, 0.25) is 5.91 Å². The lowest BCUT2D eigenvalue weighted by atomic mass is 10.0. The minimum absolute atomic E-state index is 0.194. The number of carbonyl (C=O) groups excluding carboxylic acids is 1. The molecule has 1 atom stereocenters. The van der Waals surface area contributed by atoms with Gasteiger partial charge >= 0.3 is 5.97 Å². The molecule has 0 bridgehead atoms. The van der Waals surface area contributed by atoms with Gasteiger partial charge in [0.25, 0.3) is 0 Å². The van der Waals surface area contributed by atoms with E-state index in [1.54, 1.807) is 39.2 Å². The molecule has 5 nitrogen and oxygen atoms in total. The van der Waals surface area contributed by atoms with E-state index in [9.17, 15) is 9.59 Å². The normalized spacial score (nSPS) is 12.4. The Hall–Kier alpha value is -1.82. The van der Waals surface area contributed by atoms with Crippen LogP contribution in [-0.4, -0.2) is 30.1 Å². The van der Waals surface area contributed by atoms with Gasteiger partial charge in [0.1, 0.15) is 11.8 Å². The highest BCUT2D eigenvalue weighted by molar-refractivity contribution is 9.10. The summed E-state index contributed by atoms with van der Waals surface area (Å²) in [6.07, 6.45) is 2.88. The number of carbonyl (C=O) groups is 2. The maximum Gasteiger partial charge on any atom is 0.326 e. The molecule has 0 aliphatic carbocycles. The zero-order valence-corrected chi connectivity index (χ0v) is 13.7. The van der Waals surface area contributed by atoms with Gasteiger partial charge < -0.3 is 15.2 Å². The molecule has 0 saturated carbocycles. The molecule has 0 radical (unpaired) electrons. The third kappa shape index (κ3) is 5.23. The van der Waals surface area contributed by atoms with Crippen LogP contribution in [0.3, 0.4) is 0 Å². The number of ether oxygens (including phenoxy) is 1. The summed E-state index contributed by atoms with van der Waals surface area (Å²) >= 11 is 3.34. The highest BCUT2D eigenvalue weighted by Gasteiger charge is 2.22. The molecule has 0 aliphatic heterocycles. The standard InChI is InChI=1S/C15H18BrNO4/c1-9(2)14(15(19)20)17-13(18)7-4-10-8-11(16)5-6-12(10)21-3/h4-9,14H,1-3H3,(H,17,18)(H,19,20)/b7-4+. The number of halogens is 1. The zero-order chi connectivity index (χ0) is 16.0. The second-order valence-corrected chi connectivity index (χ2v) is 5.70. The van der Waals surface area contributed by atoms with Gasteiger partial charge in [-0.05, 0) is 30.2 Å². The van der Waals surface area contributed by atoms with Crippen LogP contribution < -0.4 is 10.1 Å². The third-order valence-corrected chi connectivity index (χ3v) is 3.33. The lowest BCUT2D eigenvalue weighted by Gasteiger charge is -2.16. The van der Waals surface area contributed by atoms with E-state index in [-0.39, 0.29) is 5.92 Å². The predicted molar refractivity (Wildman–Crippen MR) is 84.1 cm³/mol. The van der Waals surface area contributed by atoms with E-state index >= 15 is 0 Å². The Morgan fingerprint density at radius 2 is 2.05 bits per heavy atom. The first-order chi connectivity index (χ1) is 9.85. The summed E-state index contributed by atoms with van der Waals surface area (Å²) in [5, 5.41) is 11.5. The number of carboxylic acid groups (broad SMARTS) is 1. The molecule has 1 aromatic carbocycles. The Balaban J connectivity index is 2.83. The molecule has 114 valence electrons. The van der Waals surface area contributed by atoms with Crippen LogP contribution in [0.2, 0.25) is 0 Å². The van der Waals surface area contributed by atoms with Crippen molar-refractivity contribution in [2.45, 2.75) is 19.9 Å². The minimum Gasteiger partial charge on any atom is -0.496 e. The van der Waals surface area contributed by atoms with Crippen molar-refractivity contribution in [3.8, 4) is 5.75 Å². The summed E-state index contributed by atoms with van der Waals surface area (Å²) in [6.45, 7) is 3.47. The highest BCUT2D eigenvalue weighted by Crippen LogP contribution is 2.24. The predicted octanol–water partition coefficient (Wildman–Crippen LogP) is 2.70. The molecular formula is C15H18BrNO4. The number of nitrogens with one attached hydrogen (secondary N) is 1. The minimum atomic E-state index is -1.05. The van der Waals surface area contributed by atoms with Crippen molar-refractivity contribution in [3.05, 3.63) is 34.3 Å². The quantitative estimate of drug-likeness (QED) is 0.769. The fourth-order valence-corrected chi connectivity index (χ4v) is 2.09. The molecule has 1 unspecified atom stereocenters. The number of aliphatic carboxylic acids is 1. The molecule has 0 spiro atoms. The first-order valence-corrected chi connectivity index (χ1v) is 7.19. The molecule has 2 N–H and O–H groups in total. The van der Waals surface area contributed by atoms with E-state index in [0.29, 0.717) is 5.75 Å². The second kappa shape index (κ2) is 7.83. The van der Waals surface area contributed by atoms with E-state index < -0.39 is 17.9 Å². The fraction of sp³-hybridized carbons (Fsp3) is 0.333. The molecule has 0 aliphatic rings. The number of hydrogen-bond donors (Lipinski definition) is 2. The molecular weight excluding hydrogens is 338 g/mol. The Morgan fingerprint density at radius 3 is 2.57 bits per heavy atom. The molecule has 0 aromatic heterocycles. The third-order valence-electron chi connectivity index (χ3n) is 2.84. The summed E-state index contributed by atoms with van der Waals surface area (Å²) in [4.78, 5) is 22.8. The summed E-state index contributed by atoms with van der Waals surface area (Å²) in [6, 6.07) is 4.50. The van der Waals surface area contributed by atoms with Gasteiger partial charge in [-0.15, -0.1) is 0 Å². The Bertz CT molecular complexity index is 555. The van der Waals surface area contributed by atoms with Crippen molar-refractivity contribution in [1.82, 2.24) is 5.32 Å².